The Morgan fingerprint density at radius 3 is 2.40 bits per heavy atom. The van der Waals surface area contributed by atoms with Gasteiger partial charge in [0, 0.05) is 16.7 Å². The Morgan fingerprint density at radius 1 is 0.857 bits per heavy atom. The average Bonchev–Trinajstić information content (AvgIpc) is 2.98. The lowest BCUT2D eigenvalue weighted by Crippen LogP contribution is -2.22. The van der Waals surface area contributed by atoms with Crippen molar-refractivity contribution in [3.63, 3.8) is 0 Å². The number of carbonyl (C=O) groups excluding carboxylic acids is 1. The number of hydrogen-bond donors (Lipinski definition) is 3. The van der Waals surface area contributed by atoms with Gasteiger partial charge in [0.2, 0.25) is 11.9 Å². The number of amides is 2. The molecule has 0 fully saturated rings. The molecule has 0 aliphatic carbocycles. The van der Waals surface area contributed by atoms with E-state index < -0.39 is 11.7 Å². The molecule has 2 heterocycles. The Hall–Kier alpha value is -5.17. The van der Waals surface area contributed by atoms with Gasteiger partial charge in [0.1, 0.15) is 11.3 Å². The van der Waals surface area contributed by atoms with Crippen molar-refractivity contribution in [1.82, 2.24) is 15.0 Å². The molecular weight excluding hydrogens is 608 g/mol. The number of methoxy groups -OCH3 is 2. The Bertz CT molecular complexity index is 1780. The number of aromatic nitrogens is 3. The average molecular weight is 633 g/mol. The number of nitrogens with zero attached hydrogens (tertiary/aromatic N) is 3. The summed E-state index contributed by atoms with van der Waals surface area (Å²) < 4.78 is 22.7. The minimum atomic E-state index is -0.599. The molecule has 0 saturated carbocycles. The van der Waals surface area contributed by atoms with Crippen LogP contribution < -0.4 is 35.8 Å². The topological polar surface area (TPSA) is 150 Å². The molecule has 214 valence electrons. The highest BCUT2D eigenvalue weighted by atomic mass is 79.9. The van der Waals surface area contributed by atoms with Gasteiger partial charge < -0.3 is 29.3 Å². The smallest absolute Gasteiger partial charge is 0.339 e. The van der Waals surface area contributed by atoms with Crippen LogP contribution in [0.3, 0.4) is 0 Å². The van der Waals surface area contributed by atoms with Crippen LogP contribution >= 0.6 is 15.9 Å². The summed E-state index contributed by atoms with van der Waals surface area (Å²) in [5.74, 6) is 1.51. The van der Waals surface area contributed by atoms with Crippen molar-refractivity contribution in [3.05, 3.63) is 93.3 Å². The molecule has 3 aromatic carbocycles. The number of nitrogens with one attached hydrogen (secondary N) is 3. The largest absolute Gasteiger partial charge is 0.493 e. The third-order valence-electron chi connectivity index (χ3n) is 5.90. The van der Waals surface area contributed by atoms with E-state index in [0.717, 1.165) is 10.0 Å². The zero-order valence-corrected chi connectivity index (χ0v) is 24.1. The number of anilines is 3. The fraction of sp³-hybridized carbons (Fsp3) is 0.138. The van der Waals surface area contributed by atoms with Crippen molar-refractivity contribution in [2.45, 2.75) is 6.42 Å². The van der Waals surface area contributed by atoms with Crippen molar-refractivity contribution in [2.24, 2.45) is 0 Å². The molecule has 0 saturated heterocycles. The Labute approximate surface area is 248 Å². The number of halogens is 1. The number of carbonyl (C=O) groups is 1. The highest BCUT2D eigenvalue weighted by Gasteiger charge is 2.15. The summed E-state index contributed by atoms with van der Waals surface area (Å²) in [5, 5.41) is 8.99. The summed E-state index contributed by atoms with van der Waals surface area (Å²) in [6.07, 6.45) is 0.597. The van der Waals surface area contributed by atoms with E-state index in [9.17, 15) is 9.59 Å². The van der Waals surface area contributed by atoms with Gasteiger partial charge in [-0.05, 0) is 60.5 Å². The predicted octanol–water partition coefficient (Wildman–Crippen LogP) is 5.85. The van der Waals surface area contributed by atoms with Gasteiger partial charge in [-0.2, -0.15) is 15.0 Å². The molecule has 0 aliphatic heterocycles. The van der Waals surface area contributed by atoms with Gasteiger partial charge in [0.05, 0.1) is 25.7 Å². The molecular formula is C29H25BrN6O6. The van der Waals surface area contributed by atoms with Crippen LogP contribution in [0.1, 0.15) is 5.56 Å². The van der Waals surface area contributed by atoms with Crippen LogP contribution in [0.15, 0.2) is 86.5 Å². The van der Waals surface area contributed by atoms with Crippen molar-refractivity contribution in [1.29, 1.82) is 0 Å². The molecule has 0 spiro atoms. The quantitative estimate of drug-likeness (QED) is 0.160. The number of para-hydroxylation sites is 1. The second-order valence-corrected chi connectivity index (χ2v) is 9.66. The van der Waals surface area contributed by atoms with E-state index >= 15 is 0 Å². The molecule has 0 unspecified atom stereocenters. The maximum Gasteiger partial charge on any atom is 0.339 e. The van der Waals surface area contributed by atoms with Gasteiger partial charge in [0.15, 0.2) is 11.5 Å². The molecule has 3 N–H and O–H groups in total. The van der Waals surface area contributed by atoms with E-state index in [1.807, 2.05) is 18.2 Å². The molecule has 0 atom stereocenters. The zero-order valence-electron chi connectivity index (χ0n) is 22.5. The van der Waals surface area contributed by atoms with Crippen LogP contribution in [0.2, 0.25) is 0 Å². The number of ether oxygens (including phenoxy) is 3. The molecule has 0 radical (unpaired) electrons. The molecule has 12 nitrogen and oxygen atoms in total. The van der Waals surface area contributed by atoms with Crippen LogP contribution in [0.25, 0.3) is 11.0 Å². The highest BCUT2D eigenvalue weighted by Crippen LogP contribution is 2.29. The van der Waals surface area contributed by atoms with Crippen molar-refractivity contribution >= 4 is 50.5 Å². The lowest BCUT2D eigenvalue weighted by atomic mass is 10.1. The Balaban J connectivity index is 1.38. The SMILES string of the molecule is COc1ccc(CCNc2nc(NC(=O)Nc3ccc(Br)cc3)nc(Oc3cc(=O)oc4ccccc34)n2)cc1OC. The second-order valence-electron chi connectivity index (χ2n) is 8.75. The van der Waals surface area contributed by atoms with Crippen LogP contribution in [-0.2, 0) is 6.42 Å². The van der Waals surface area contributed by atoms with Crippen LogP contribution in [0, 0.1) is 0 Å². The summed E-state index contributed by atoms with van der Waals surface area (Å²) in [4.78, 5) is 37.8. The van der Waals surface area contributed by atoms with E-state index in [4.69, 9.17) is 18.6 Å². The molecule has 0 bridgehead atoms. The molecule has 2 amide bonds. The standard InChI is InChI=1S/C29H25BrN6O6/c1-39-22-12-7-17(15-24(22)40-2)13-14-31-26-33-27(34-28(38)32-19-10-8-18(30)9-11-19)36-29(35-26)42-23-16-25(37)41-21-6-4-3-5-20(21)23/h3-12,15-16H,13-14H2,1-2H3,(H3,31,32,33,34,35,36,38). The summed E-state index contributed by atoms with van der Waals surface area (Å²) in [6, 6.07) is 20.1. The minimum absolute atomic E-state index is 0.0736. The van der Waals surface area contributed by atoms with Gasteiger partial charge >= 0.3 is 17.7 Å². The van der Waals surface area contributed by atoms with Gasteiger partial charge in [-0.15, -0.1) is 0 Å². The van der Waals surface area contributed by atoms with Crippen molar-refractivity contribution in [2.75, 3.05) is 36.7 Å². The Morgan fingerprint density at radius 2 is 1.62 bits per heavy atom. The summed E-state index contributed by atoms with van der Waals surface area (Å²) in [6.45, 7) is 0.432. The van der Waals surface area contributed by atoms with Gasteiger partial charge in [-0.25, -0.2) is 9.59 Å². The third kappa shape index (κ3) is 7.12. The molecule has 2 aromatic heterocycles. The fourth-order valence-electron chi connectivity index (χ4n) is 3.95. The molecule has 5 aromatic rings. The van der Waals surface area contributed by atoms with E-state index in [2.05, 4.69) is 46.8 Å². The maximum atomic E-state index is 12.7. The number of hydrogen-bond acceptors (Lipinski definition) is 10. The van der Waals surface area contributed by atoms with E-state index in [0.29, 0.717) is 41.1 Å². The van der Waals surface area contributed by atoms with E-state index in [1.54, 1.807) is 62.8 Å². The number of urea groups is 1. The van der Waals surface area contributed by atoms with Crippen LogP contribution in [0.5, 0.6) is 23.3 Å². The van der Waals surface area contributed by atoms with E-state index in [-0.39, 0.29) is 23.7 Å². The summed E-state index contributed by atoms with van der Waals surface area (Å²) in [7, 11) is 3.16. The van der Waals surface area contributed by atoms with Gasteiger partial charge in [-0.1, -0.05) is 34.1 Å². The normalized spacial score (nSPS) is 10.6. The first-order valence-corrected chi connectivity index (χ1v) is 13.4. The van der Waals surface area contributed by atoms with Crippen LogP contribution in [-0.4, -0.2) is 41.7 Å². The number of benzene rings is 3. The lowest BCUT2D eigenvalue weighted by molar-refractivity contribution is 0.262. The fourth-order valence-corrected chi connectivity index (χ4v) is 4.22. The maximum absolute atomic E-state index is 12.7. The first kappa shape index (κ1) is 28.4. The monoisotopic (exact) mass is 632 g/mol. The number of rotatable bonds is 10. The molecule has 5 rings (SSSR count). The molecule has 42 heavy (non-hydrogen) atoms. The Kier molecular flexibility index (Phi) is 8.78. The zero-order chi connectivity index (χ0) is 29.5. The van der Waals surface area contributed by atoms with Gasteiger partial charge in [0.25, 0.3) is 0 Å². The van der Waals surface area contributed by atoms with Gasteiger partial charge in [-0.3, -0.25) is 5.32 Å². The predicted molar refractivity (Wildman–Crippen MR) is 161 cm³/mol. The molecule has 13 heteroatoms. The van der Waals surface area contributed by atoms with Crippen LogP contribution in [0.4, 0.5) is 22.4 Å². The van der Waals surface area contributed by atoms with Crippen molar-refractivity contribution < 1.29 is 23.4 Å². The molecule has 0 aliphatic rings. The first-order chi connectivity index (χ1) is 20.4. The first-order valence-electron chi connectivity index (χ1n) is 12.7. The minimum Gasteiger partial charge on any atom is -0.493 e. The number of fused-ring (bicyclic) bond motifs is 1. The third-order valence-corrected chi connectivity index (χ3v) is 6.43. The summed E-state index contributed by atoms with van der Waals surface area (Å²) in [5.41, 5.74) is 1.30. The summed E-state index contributed by atoms with van der Waals surface area (Å²) >= 11 is 3.36. The van der Waals surface area contributed by atoms with E-state index in [1.165, 1.54) is 6.07 Å². The highest BCUT2D eigenvalue weighted by molar-refractivity contribution is 9.10. The lowest BCUT2D eigenvalue weighted by Gasteiger charge is -2.12. The van der Waals surface area contributed by atoms with Crippen molar-refractivity contribution in [3.8, 4) is 23.3 Å². The second kappa shape index (κ2) is 13.0.